The van der Waals surface area contributed by atoms with Gasteiger partial charge in [0.05, 0.1) is 11.2 Å². The van der Waals surface area contributed by atoms with Gasteiger partial charge in [0.15, 0.2) is 0 Å². The van der Waals surface area contributed by atoms with Crippen LogP contribution in [0.2, 0.25) is 0 Å². The van der Waals surface area contributed by atoms with Crippen molar-refractivity contribution < 1.29 is 14.4 Å². The molecule has 0 atom stereocenters. The minimum absolute atomic E-state index is 0.156. The Morgan fingerprint density at radius 2 is 1.69 bits per heavy atom. The molecular formula is C32H38N4O3. The lowest BCUT2D eigenvalue weighted by atomic mass is 9.99. The van der Waals surface area contributed by atoms with Gasteiger partial charge in [0.2, 0.25) is 5.91 Å². The van der Waals surface area contributed by atoms with Gasteiger partial charge in [0, 0.05) is 38.8 Å². The third-order valence-corrected chi connectivity index (χ3v) is 6.65. The summed E-state index contributed by atoms with van der Waals surface area (Å²) in [4.78, 5) is 39.2. The average molecular weight is 527 g/mol. The van der Waals surface area contributed by atoms with Crippen LogP contribution in [0.1, 0.15) is 31.7 Å². The molecule has 0 saturated heterocycles. The second-order valence-electron chi connectivity index (χ2n) is 9.67. The number of hydrogen-bond acceptors (Lipinski definition) is 4. The standard InChI is InChI=1S/C32H38N4O3/c1-6-12-28(31(39)33-20-11-15-29(37)36(4)5)34-22-23(7-2)27(8-3)30(38)35-32(18-19-32)26-17-16-24-13-9-10-14-25(24)21-26/h7-17,21,34H,2-3,6,18-20,22H2,1,4-5H3,(H,33,39)(H,35,38)/b15-11+,27-23-,28-12+. The highest BCUT2D eigenvalue weighted by molar-refractivity contribution is 5.98. The lowest BCUT2D eigenvalue weighted by molar-refractivity contribution is -0.123. The molecule has 39 heavy (non-hydrogen) atoms. The molecule has 3 N–H and O–H groups in total. The number of nitrogens with one attached hydrogen (secondary N) is 3. The predicted molar refractivity (Wildman–Crippen MR) is 158 cm³/mol. The lowest BCUT2D eigenvalue weighted by Crippen LogP contribution is -2.37. The van der Waals surface area contributed by atoms with Crippen LogP contribution in [-0.2, 0) is 19.9 Å². The van der Waals surface area contributed by atoms with Gasteiger partial charge in [0.25, 0.3) is 11.8 Å². The zero-order valence-electron chi connectivity index (χ0n) is 23.0. The zero-order chi connectivity index (χ0) is 28.4. The van der Waals surface area contributed by atoms with Crippen molar-refractivity contribution in [2.45, 2.75) is 31.7 Å². The number of nitrogens with zero attached hydrogens (tertiary/aromatic N) is 1. The number of carbonyl (C=O) groups excluding carboxylic acids is 3. The van der Waals surface area contributed by atoms with Crippen LogP contribution in [0.15, 0.2) is 103 Å². The monoisotopic (exact) mass is 526 g/mol. The number of hydrogen-bond donors (Lipinski definition) is 3. The second kappa shape index (κ2) is 13.4. The van der Waals surface area contributed by atoms with E-state index in [2.05, 4.69) is 59.4 Å². The van der Waals surface area contributed by atoms with Crippen LogP contribution in [0.4, 0.5) is 0 Å². The van der Waals surface area contributed by atoms with Gasteiger partial charge in [0.1, 0.15) is 0 Å². The number of benzene rings is 2. The van der Waals surface area contributed by atoms with Gasteiger partial charge in [-0.25, -0.2) is 0 Å². The van der Waals surface area contributed by atoms with Gasteiger partial charge in [-0.2, -0.15) is 0 Å². The summed E-state index contributed by atoms with van der Waals surface area (Å²) in [6, 6.07) is 14.5. The molecule has 1 saturated carbocycles. The van der Waals surface area contributed by atoms with E-state index >= 15 is 0 Å². The summed E-state index contributed by atoms with van der Waals surface area (Å²) in [5, 5.41) is 11.4. The highest BCUT2D eigenvalue weighted by atomic mass is 16.2. The molecule has 3 amide bonds. The Kier molecular flexibility index (Phi) is 10.0. The van der Waals surface area contributed by atoms with E-state index in [0.717, 1.165) is 29.2 Å². The first-order valence-electron chi connectivity index (χ1n) is 13.1. The van der Waals surface area contributed by atoms with Crippen LogP contribution < -0.4 is 16.0 Å². The highest BCUT2D eigenvalue weighted by Gasteiger charge is 2.46. The normalized spacial score (nSPS) is 14.8. The van der Waals surface area contributed by atoms with Crippen molar-refractivity contribution in [3.63, 3.8) is 0 Å². The van der Waals surface area contributed by atoms with Crippen LogP contribution in [-0.4, -0.2) is 49.8 Å². The molecule has 0 heterocycles. The molecule has 0 spiro atoms. The third kappa shape index (κ3) is 7.57. The smallest absolute Gasteiger partial charge is 0.267 e. The molecule has 204 valence electrons. The first-order valence-corrected chi connectivity index (χ1v) is 13.1. The van der Waals surface area contributed by atoms with Crippen LogP contribution >= 0.6 is 0 Å². The summed E-state index contributed by atoms with van der Waals surface area (Å²) in [6.07, 6.45) is 10.3. The number of amides is 3. The van der Waals surface area contributed by atoms with E-state index in [1.807, 2.05) is 19.1 Å². The first-order chi connectivity index (χ1) is 18.7. The molecule has 2 aromatic rings. The summed E-state index contributed by atoms with van der Waals surface area (Å²) in [7, 11) is 3.32. The molecule has 0 aliphatic heterocycles. The summed E-state index contributed by atoms with van der Waals surface area (Å²) in [5.41, 5.74) is 2.10. The highest BCUT2D eigenvalue weighted by Crippen LogP contribution is 2.46. The SMILES string of the molecule is C=C/C(CN/C(=C/CC)C(=O)NC/C=C/C(=O)N(C)C)=C(\C=C)C(=O)NC1(c2ccc3ccccc3c2)CC1. The zero-order valence-corrected chi connectivity index (χ0v) is 23.0. The fourth-order valence-corrected chi connectivity index (χ4v) is 4.22. The molecule has 7 nitrogen and oxygen atoms in total. The molecule has 0 unspecified atom stereocenters. The molecule has 7 heteroatoms. The summed E-state index contributed by atoms with van der Waals surface area (Å²) >= 11 is 0. The van der Waals surface area contributed by atoms with E-state index in [1.165, 1.54) is 17.1 Å². The van der Waals surface area contributed by atoms with Crippen LogP contribution in [0.25, 0.3) is 10.8 Å². The molecular weight excluding hydrogens is 488 g/mol. The molecule has 0 aromatic heterocycles. The Morgan fingerprint density at radius 1 is 0.974 bits per heavy atom. The Morgan fingerprint density at radius 3 is 2.31 bits per heavy atom. The van der Waals surface area contributed by atoms with Gasteiger partial charge in [-0.3, -0.25) is 14.4 Å². The Hall–Kier alpha value is -4.39. The van der Waals surface area contributed by atoms with E-state index in [-0.39, 0.29) is 30.8 Å². The van der Waals surface area contributed by atoms with Crippen molar-refractivity contribution in [2.75, 3.05) is 27.2 Å². The van der Waals surface area contributed by atoms with Gasteiger partial charge in [-0.1, -0.05) is 80.8 Å². The van der Waals surface area contributed by atoms with E-state index in [4.69, 9.17) is 0 Å². The molecule has 1 aliphatic rings. The Bertz CT molecular complexity index is 1350. The second-order valence-corrected chi connectivity index (χ2v) is 9.67. The molecule has 3 rings (SSSR count). The van der Waals surface area contributed by atoms with Crippen molar-refractivity contribution >= 4 is 28.5 Å². The Balaban J connectivity index is 1.69. The van der Waals surface area contributed by atoms with Crippen molar-refractivity contribution in [3.8, 4) is 0 Å². The number of fused-ring (bicyclic) bond motifs is 1. The van der Waals surface area contributed by atoms with Crippen molar-refractivity contribution in [2.24, 2.45) is 0 Å². The maximum absolute atomic E-state index is 13.4. The van der Waals surface area contributed by atoms with Gasteiger partial charge < -0.3 is 20.9 Å². The summed E-state index contributed by atoms with van der Waals surface area (Å²) in [6.45, 7) is 10.1. The maximum atomic E-state index is 13.4. The number of likely N-dealkylation sites (N-methyl/N-ethyl adjacent to an activating group) is 1. The Labute approximate surface area is 231 Å². The fourth-order valence-electron chi connectivity index (χ4n) is 4.22. The topological polar surface area (TPSA) is 90.5 Å². The number of allylic oxidation sites excluding steroid dienone is 1. The average Bonchev–Trinajstić information content (AvgIpc) is 3.72. The van der Waals surface area contributed by atoms with Gasteiger partial charge in [-0.15, -0.1) is 0 Å². The number of rotatable bonds is 13. The maximum Gasteiger partial charge on any atom is 0.267 e. The fraction of sp³-hybridized carbons (Fsp3) is 0.281. The van der Waals surface area contributed by atoms with Crippen molar-refractivity contribution in [1.29, 1.82) is 0 Å². The molecule has 2 aromatic carbocycles. The van der Waals surface area contributed by atoms with Gasteiger partial charge >= 0.3 is 0 Å². The minimum Gasteiger partial charge on any atom is -0.377 e. The largest absolute Gasteiger partial charge is 0.377 e. The predicted octanol–water partition coefficient (Wildman–Crippen LogP) is 4.26. The molecule has 0 bridgehead atoms. The molecule has 1 fully saturated rings. The van der Waals surface area contributed by atoms with Crippen LogP contribution in [0.3, 0.4) is 0 Å². The first kappa shape index (κ1) is 29.2. The van der Waals surface area contributed by atoms with Gasteiger partial charge in [-0.05, 0) is 47.2 Å². The van der Waals surface area contributed by atoms with Crippen LogP contribution in [0, 0.1) is 0 Å². The molecule has 0 radical (unpaired) electrons. The van der Waals surface area contributed by atoms with Crippen molar-refractivity contribution in [3.05, 3.63) is 108 Å². The van der Waals surface area contributed by atoms with E-state index in [0.29, 0.717) is 23.3 Å². The summed E-state index contributed by atoms with van der Waals surface area (Å²) in [5.74, 6) is -0.690. The minimum atomic E-state index is -0.399. The quantitative estimate of drug-likeness (QED) is 0.269. The van der Waals surface area contributed by atoms with E-state index in [1.54, 1.807) is 32.3 Å². The van der Waals surface area contributed by atoms with E-state index < -0.39 is 5.54 Å². The summed E-state index contributed by atoms with van der Waals surface area (Å²) < 4.78 is 0. The van der Waals surface area contributed by atoms with Crippen molar-refractivity contribution in [1.82, 2.24) is 20.9 Å². The lowest BCUT2D eigenvalue weighted by Gasteiger charge is -2.20. The van der Waals surface area contributed by atoms with E-state index in [9.17, 15) is 14.4 Å². The van der Waals surface area contributed by atoms with Crippen LogP contribution in [0.5, 0.6) is 0 Å². The molecule has 1 aliphatic carbocycles. The third-order valence-electron chi connectivity index (χ3n) is 6.65. The number of carbonyl (C=O) groups is 3.